The molecule has 366 valence electrons. The van der Waals surface area contributed by atoms with Crippen molar-refractivity contribution < 1.29 is 47.2 Å². The van der Waals surface area contributed by atoms with E-state index in [1.807, 2.05) is 39.4 Å². The number of unbranched alkanes of at least 4 members (excludes halogenated alkanes) is 19. The summed E-state index contributed by atoms with van der Waals surface area (Å²) in [5, 5.41) is 9.84. The van der Waals surface area contributed by atoms with Gasteiger partial charge in [0.2, 0.25) is 0 Å². The third-order valence-corrected chi connectivity index (χ3v) is 11.6. The Balaban J connectivity index is 4.36. The van der Waals surface area contributed by atoms with Crippen molar-refractivity contribution in [2.75, 3.05) is 47.5 Å². The molecule has 0 heterocycles. The second-order valence-electron chi connectivity index (χ2n) is 18.0. The molecule has 0 radical (unpaired) electrons. The molecule has 11 heteroatoms. The zero-order valence-electron chi connectivity index (χ0n) is 40.9. The number of ether oxygens (including phenoxy) is 2. The smallest absolute Gasteiger partial charge is 0.462 e. The predicted molar refractivity (Wildman–Crippen MR) is 262 cm³/mol. The van der Waals surface area contributed by atoms with E-state index >= 15 is 0 Å². The Labute approximate surface area is 386 Å². The highest BCUT2D eigenvalue weighted by atomic mass is 31.2. The van der Waals surface area contributed by atoms with E-state index in [1.54, 1.807) is 0 Å². The summed E-state index contributed by atoms with van der Waals surface area (Å²) in [4.78, 5) is 35.5. The maximum Gasteiger partial charge on any atom is 0.472 e. The number of carbonyl (C=O) groups excluding carboxylic acids is 2. The minimum Gasteiger partial charge on any atom is -0.462 e. The summed E-state index contributed by atoms with van der Waals surface area (Å²) < 4.78 is 34.3. The first-order chi connectivity index (χ1) is 30.4. The van der Waals surface area contributed by atoms with E-state index < -0.39 is 32.5 Å². The molecule has 0 bridgehead atoms. The molecule has 0 spiro atoms. The summed E-state index contributed by atoms with van der Waals surface area (Å²) >= 11 is 0. The van der Waals surface area contributed by atoms with Crippen LogP contribution in [0.2, 0.25) is 0 Å². The first kappa shape index (κ1) is 60.7. The van der Waals surface area contributed by atoms with Crippen molar-refractivity contribution in [1.29, 1.82) is 0 Å². The number of aliphatic hydroxyl groups excluding tert-OH is 1. The molecule has 0 fully saturated rings. The van der Waals surface area contributed by atoms with Crippen molar-refractivity contribution in [3.05, 3.63) is 60.8 Å². The third kappa shape index (κ3) is 47.5. The Hall–Kier alpha value is -2.33. The molecule has 0 aliphatic carbocycles. The van der Waals surface area contributed by atoms with Crippen LogP contribution in [0, 0.1) is 0 Å². The van der Waals surface area contributed by atoms with Crippen molar-refractivity contribution in [2.45, 2.75) is 212 Å². The first-order valence-electron chi connectivity index (χ1n) is 25.1. The number of quaternary nitrogens is 1. The summed E-state index contributed by atoms with van der Waals surface area (Å²) in [6.07, 6.45) is 50.4. The SMILES string of the molecule is CCCCCCCC/C=C\CCCCCCCCCCCCCC(=O)OC[C@H](COP(=O)(O)OCC[N+](C)(C)C)OC(=O)CCC/C=C\C/C=C\C/C=C\C/C=C\[C@H](O)CCCC. The Morgan fingerprint density at radius 1 is 0.556 bits per heavy atom. The largest absolute Gasteiger partial charge is 0.472 e. The lowest BCUT2D eigenvalue weighted by molar-refractivity contribution is -0.870. The van der Waals surface area contributed by atoms with E-state index in [-0.39, 0.29) is 32.2 Å². The van der Waals surface area contributed by atoms with E-state index in [0.29, 0.717) is 23.9 Å². The van der Waals surface area contributed by atoms with Crippen LogP contribution in [0.5, 0.6) is 0 Å². The standard InChI is InChI=1S/C52H94NO9P/c1-6-8-10-11-12-13-14-15-16-17-18-19-20-21-22-23-27-30-33-36-39-43-51(55)59-47-50(48-61-63(57,58)60-46-45-53(3,4)5)62-52(56)44-40-37-34-31-28-25-24-26-29-32-35-38-42-49(54)41-9-7-2/h15-16,24-25,29,31-32,34,38,42,49-50,54H,6-14,17-23,26-28,30,33,35-37,39-41,43-48H2,1-5H3/p+1/b16-15-,25-24-,32-29-,34-31-,42-38-/t49-,50-/m1/s1. The number of likely N-dealkylation sites (N-methyl/N-ethyl adjacent to an activating group) is 1. The highest BCUT2D eigenvalue weighted by molar-refractivity contribution is 7.47. The monoisotopic (exact) mass is 909 g/mol. The average Bonchev–Trinajstić information content (AvgIpc) is 3.23. The molecule has 0 saturated heterocycles. The number of nitrogens with zero attached hydrogens (tertiary/aromatic N) is 1. The zero-order valence-corrected chi connectivity index (χ0v) is 41.8. The van der Waals surface area contributed by atoms with Gasteiger partial charge in [-0.3, -0.25) is 18.6 Å². The second-order valence-corrected chi connectivity index (χ2v) is 19.5. The van der Waals surface area contributed by atoms with E-state index in [0.717, 1.165) is 57.8 Å². The molecule has 0 aromatic heterocycles. The molecular weight excluding hydrogens is 814 g/mol. The maximum atomic E-state index is 12.7. The lowest BCUT2D eigenvalue weighted by Crippen LogP contribution is -2.37. The van der Waals surface area contributed by atoms with Crippen molar-refractivity contribution in [3.8, 4) is 0 Å². The summed E-state index contributed by atoms with van der Waals surface area (Å²) in [6.45, 7) is 4.19. The molecule has 63 heavy (non-hydrogen) atoms. The Bertz CT molecular complexity index is 1270. The molecule has 2 N–H and O–H groups in total. The van der Waals surface area contributed by atoms with E-state index in [9.17, 15) is 24.2 Å². The molecule has 0 aromatic rings. The Morgan fingerprint density at radius 2 is 1.02 bits per heavy atom. The molecule has 1 unspecified atom stereocenters. The van der Waals surface area contributed by atoms with Gasteiger partial charge in [-0.25, -0.2) is 4.57 Å². The quantitative estimate of drug-likeness (QED) is 0.0202. The molecule has 0 amide bonds. The first-order valence-corrected chi connectivity index (χ1v) is 26.6. The van der Waals surface area contributed by atoms with Gasteiger partial charge < -0.3 is 24.0 Å². The van der Waals surface area contributed by atoms with Crippen LogP contribution in [0.3, 0.4) is 0 Å². The van der Waals surface area contributed by atoms with Crippen LogP contribution in [-0.2, 0) is 32.7 Å². The number of esters is 2. The van der Waals surface area contributed by atoms with Crippen LogP contribution in [0.25, 0.3) is 0 Å². The van der Waals surface area contributed by atoms with Crippen molar-refractivity contribution >= 4 is 19.8 Å². The van der Waals surface area contributed by atoms with E-state index in [4.69, 9.17) is 18.5 Å². The number of allylic oxidation sites excluding steroid dienone is 9. The van der Waals surface area contributed by atoms with Gasteiger partial charge in [-0.2, -0.15) is 0 Å². The van der Waals surface area contributed by atoms with Crippen LogP contribution >= 0.6 is 7.82 Å². The lowest BCUT2D eigenvalue weighted by Gasteiger charge is -2.24. The molecule has 3 atom stereocenters. The third-order valence-electron chi connectivity index (χ3n) is 10.6. The minimum absolute atomic E-state index is 0.0122. The lowest BCUT2D eigenvalue weighted by atomic mass is 10.0. The van der Waals surface area contributed by atoms with E-state index in [1.165, 1.54) is 103 Å². The molecular formula is C52H95NO9P+. The topological polar surface area (TPSA) is 129 Å². The number of hydrogen-bond donors (Lipinski definition) is 2. The van der Waals surface area contributed by atoms with Gasteiger partial charge in [0.1, 0.15) is 19.8 Å². The molecule has 10 nitrogen and oxygen atoms in total. The molecule has 0 aliphatic rings. The molecule has 0 saturated carbocycles. The maximum absolute atomic E-state index is 12.7. The number of hydrogen-bond acceptors (Lipinski definition) is 8. The summed E-state index contributed by atoms with van der Waals surface area (Å²) in [5.41, 5.74) is 0. The number of rotatable bonds is 45. The van der Waals surface area contributed by atoms with Gasteiger partial charge in [0, 0.05) is 12.8 Å². The fraction of sp³-hybridized carbons (Fsp3) is 0.769. The predicted octanol–water partition coefficient (Wildman–Crippen LogP) is 13.8. The molecule has 0 aliphatic heterocycles. The zero-order chi connectivity index (χ0) is 46.5. The average molecular weight is 909 g/mol. The van der Waals surface area contributed by atoms with Crippen molar-refractivity contribution in [3.63, 3.8) is 0 Å². The number of phosphoric acid groups is 1. The molecule has 0 aromatic carbocycles. The van der Waals surface area contributed by atoms with Gasteiger partial charge in [0.25, 0.3) is 0 Å². The van der Waals surface area contributed by atoms with Gasteiger partial charge in [0.05, 0.1) is 33.9 Å². The fourth-order valence-electron chi connectivity index (χ4n) is 6.61. The Morgan fingerprint density at radius 3 is 1.57 bits per heavy atom. The second kappa shape index (κ2) is 43.6. The number of carbonyl (C=O) groups is 2. The fourth-order valence-corrected chi connectivity index (χ4v) is 7.35. The van der Waals surface area contributed by atoms with Gasteiger partial charge in [-0.15, -0.1) is 0 Å². The highest BCUT2D eigenvalue weighted by Gasteiger charge is 2.27. The van der Waals surface area contributed by atoms with Crippen LogP contribution in [0.4, 0.5) is 0 Å². The van der Waals surface area contributed by atoms with Crippen LogP contribution in [0.15, 0.2) is 60.8 Å². The number of phosphoric ester groups is 1. The Kier molecular flexibility index (Phi) is 41.9. The van der Waals surface area contributed by atoms with E-state index in [2.05, 4.69) is 56.4 Å². The van der Waals surface area contributed by atoms with Crippen LogP contribution < -0.4 is 0 Å². The normalized spacial score (nSPS) is 14.5. The minimum atomic E-state index is -4.41. The van der Waals surface area contributed by atoms with Crippen LogP contribution in [0.1, 0.15) is 200 Å². The van der Waals surface area contributed by atoms with Crippen LogP contribution in [-0.4, -0.2) is 86.1 Å². The van der Waals surface area contributed by atoms with Gasteiger partial charge >= 0.3 is 19.8 Å². The summed E-state index contributed by atoms with van der Waals surface area (Å²) in [7, 11) is 1.41. The van der Waals surface area contributed by atoms with Gasteiger partial charge in [0.15, 0.2) is 6.10 Å². The van der Waals surface area contributed by atoms with Crippen molar-refractivity contribution in [1.82, 2.24) is 0 Å². The number of aliphatic hydroxyl groups is 1. The summed E-state index contributed by atoms with van der Waals surface area (Å²) in [6, 6.07) is 0. The highest BCUT2D eigenvalue weighted by Crippen LogP contribution is 2.43. The summed E-state index contributed by atoms with van der Waals surface area (Å²) in [5.74, 6) is -0.887. The van der Waals surface area contributed by atoms with Gasteiger partial charge in [-0.1, -0.05) is 177 Å². The van der Waals surface area contributed by atoms with Gasteiger partial charge in [-0.05, 0) is 70.6 Å². The van der Waals surface area contributed by atoms with Crippen molar-refractivity contribution in [2.24, 2.45) is 0 Å². The molecule has 0 rings (SSSR count).